The topological polar surface area (TPSA) is 92.7 Å². The number of benzene rings is 2. The minimum atomic E-state index is -1.14. The van der Waals surface area contributed by atoms with Gasteiger partial charge in [0.2, 0.25) is 11.9 Å². The minimum Gasteiger partial charge on any atom is -0.493 e. The number of hydrogen-bond donors (Lipinski definition) is 1. The molecule has 2 heterocycles. The number of guanidine groups is 1. The number of amides is 1. The third kappa shape index (κ3) is 5.01. The van der Waals surface area contributed by atoms with Gasteiger partial charge in [-0.3, -0.25) is 14.9 Å². The van der Waals surface area contributed by atoms with Crippen molar-refractivity contribution >= 4 is 23.5 Å². The van der Waals surface area contributed by atoms with Crippen LogP contribution in [-0.2, 0) is 14.3 Å². The maximum absolute atomic E-state index is 14.2. The van der Waals surface area contributed by atoms with Gasteiger partial charge in [0, 0.05) is 26.2 Å². The predicted molar refractivity (Wildman–Crippen MR) is 128 cm³/mol. The van der Waals surface area contributed by atoms with Gasteiger partial charge in [-0.25, -0.2) is 9.38 Å². The van der Waals surface area contributed by atoms with E-state index in [9.17, 15) is 14.0 Å². The number of nitrogens with one attached hydrogen (secondary N) is 1. The second-order valence-corrected chi connectivity index (χ2v) is 8.16. The summed E-state index contributed by atoms with van der Waals surface area (Å²) < 4.78 is 30.1. The first-order valence-corrected chi connectivity index (χ1v) is 11.5. The van der Waals surface area contributed by atoms with Gasteiger partial charge in [0.15, 0.2) is 17.4 Å². The number of rotatable bonds is 6. The third-order valence-corrected chi connectivity index (χ3v) is 6.16. The Hall–Kier alpha value is -3.82. The number of halogens is 1. The summed E-state index contributed by atoms with van der Waals surface area (Å²) in [4.78, 5) is 34.5. The summed E-state index contributed by atoms with van der Waals surface area (Å²) in [6.07, 6.45) is 0. The van der Waals surface area contributed by atoms with Crippen LogP contribution in [0.3, 0.4) is 0 Å². The average molecular weight is 485 g/mol. The lowest BCUT2D eigenvalue weighted by Crippen LogP contribution is -2.57. The van der Waals surface area contributed by atoms with Gasteiger partial charge in [-0.1, -0.05) is 18.2 Å². The lowest BCUT2D eigenvalue weighted by atomic mass is 9.91. The van der Waals surface area contributed by atoms with Gasteiger partial charge in [-0.2, -0.15) is 0 Å². The Balaban J connectivity index is 1.61. The fraction of sp³-hybridized carbons (Fsp3) is 0.400. The van der Waals surface area contributed by atoms with Crippen LogP contribution < -0.4 is 19.7 Å². The van der Waals surface area contributed by atoms with Crippen LogP contribution in [0.2, 0.25) is 0 Å². The second-order valence-electron chi connectivity index (χ2n) is 8.16. The number of esters is 1. The molecule has 2 aliphatic heterocycles. The zero-order valence-corrected chi connectivity index (χ0v) is 20.0. The first-order chi connectivity index (χ1) is 17.0. The van der Waals surface area contributed by atoms with Crippen LogP contribution in [0.15, 0.2) is 47.5 Å². The van der Waals surface area contributed by atoms with E-state index in [1.807, 2.05) is 9.80 Å². The monoisotopic (exact) mass is 484 g/mol. The van der Waals surface area contributed by atoms with E-state index in [1.165, 1.54) is 20.3 Å². The molecular weight excluding hydrogens is 455 g/mol. The number of methoxy groups -OCH3 is 2. The molecule has 2 aromatic rings. The Morgan fingerprint density at radius 1 is 1.06 bits per heavy atom. The molecule has 4 rings (SSSR count). The largest absolute Gasteiger partial charge is 0.493 e. The van der Waals surface area contributed by atoms with Crippen molar-refractivity contribution in [3.63, 3.8) is 0 Å². The molecule has 1 N–H and O–H groups in total. The van der Waals surface area contributed by atoms with Crippen molar-refractivity contribution in [2.75, 3.05) is 51.9 Å². The maximum atomic E-state index is 14.2. The van der Waals surface area contributed by atoms with E-state index in [2.05, 4.69) is 5.32 Å². The van der Waals surface area contributed by atoms with Gasteiger partial charge in [0.25, 0.3) is 0 Å². The summed E-state index contributed by atoms with van der Waals surface area (Å²) in [6.45, 7) is 3.99. The normalized spacial score (nSPS) is 20.1. The first-order valence-electron chi connectivity index (χ1n) is 11.5. The van der Waals surface area contributed by atoms with E-state index >= 15 is 0 Å². The Bertz CT molecular complexity index is 1120. The summed E-state index contributed by atoms with van der Waals surface area (Å²) >= 11 is 0. The highest BCUT2D eigenvalue weighted by Gasteiger charge is 2.42. The van der Waals surface area contributed by atoms with E-state index in [-0.39, 0.29) is 12.4 Å². The molecule has 1 saturated heterocycles. The molecule has 35 heavy (non-hydrogen) atoms. The molecule has 1 amide bonds. The Labute approximate surface area is 203 Å². The van der Waals surface area contributed by atoms with Crippen molar-refractivity contribution in [1.29, 1.82) is 0 Å². The van der Waals surface area contributed by atoms with Crippen LogP contribution in [0, 0.1) is 11.7 Å². The van der Waals surface area contributed by atoms with Gasteiger partial charge < -0.3 is 24.0 Å². The fourth-order valence-electron chi connectivity index (χ4n) is 4.37. The van der Waals surface area contributed by atoms with Crippen LogP contribution in [0.5, 0.6) is 11.5 Å². The number of piperazine rings is 1. The molecule has 1 fully saturated rings. The van der Waals surface area contributed by atoms with Gasteiger partial charge >= 0.3 is 5.97 Å². The zero-order valence-electron chi connectivity index (χ0n) is 20.0. The molecule has 0 aliphatic carbocycles. The first kappa shape index (κ1) is 24.3. The van der Waals surface area contributed by atoms with Crippen LogP contribution in [0.1, 0.15) is 18.5 Å². The smallest absolute Gasteiger partial charge is 0.321 e. The van der Waals surface area contributed by atoms with Crippen molar-refractivity contribution in [1.82, 2.24) is 10.2 Å². The molecule has 0 aromatic heterocycles. The molecule has 9 nitrogen and oxygen atoms in total. The molecule has 10 heteroatoms. The predicted octanol–water partition coefficient (Wildman–Crippen LogP) is 2.37. The number of hydrogen-bond acceptors (Lipinski definition) is 8. The van der Waals surface area contributed by atoms with Crippen molar-refractivity contribution in [2.24, 2.45) is 10.9 Å². The molecule has 2 unspecified atom stereocenters. The number of ether oxygens (including phenoxy) is 3. The Kier molecular flexibility index (Phi) is 7.38. The number of aliphatic imine (C=N–C) groups is 1. The van der Waals surface area contributed by atoms with Crippen LogP contribution >= 0.6 is 0 Å². The zero-order chi connectivity index (χ0) is 24.9. The SMILES string of the molecule is CCOC(=O)C1C(=O)NC(N2CCN(c3ccccc3F)CC2)=NC1c1ccc(OC)c(OC)c1. The number of carbonyl (C=O) groups is 2. The standard InChI is InChI=1S/C25H29FN4O5/c1-4-35-24(32)21-22(16-9-10-19(33-2)20(15-16)34-3)27-25(28-23(21)31)30-13-11-29(12-14-30)18-8-6-5-7-17(18)26/h5-10,15,21-22H,4,11-14H2,1-3H3,(H,27,28,31). The second kappa shape index (κ2) is 10.6. The van der Waals surface area contributed by atoms with Crippen LogP contribution in [0.4, 0.5) is 10.1 Å². The third-order valence-electron chi connectivity index (χ3n) is 6.16. The fourth-order valence-corrected chi connectivity index (χ4v) is 4.37. The highest BCUT2D eigenvalue weighted by Crippen LogP contribution is 2.36. The molecule has 0 spiro atoms. The molecule has 0 bridgehead atoms. The minimum absolute atomic E-state index is 0.149. The van der Waals surface area contributed by atoms with Crippen LogP contribution in [-0.4, -0.2) is 69.7 Å². The Morgan fingerprint density at radius 3 is 2.40 bits per heavy atom. The summed E-state index contributed by atoms with van der Waals surface area (Å²) in [7, 11) is 3.05. The van der Waals surface area contributed by atoms with Crippen molar-refractivity contribution in [3.05, 3.63) is 53.8 Å². The van der Waals surface area contributed by atoms with Crippen molar-refractivity contribution in [3.8, 4) is 11.5 Å². The molecule has 186 valence electrons. The van der Waals surface area contributed by atoms with E-state index in [0.29, 0.717) is 54.9 Å². The number of nitrogens with zero attached hydrogens (tertiary/aromatic N) is 3. The summed E-state index contributed by atoms with van der Waals surface area (Å²) in [6, 6.07) is 11.0. The van der Waals surface area contributed by atoms with E-state index in [4.69, 9.17) is 19.2 Å². The molecule has 2 aromatic carbocycles. The number of para-hydroxylation sites is 1. The summed E-state index contributed by atoms with van der Waals surface area (Å²) in [5.74, 6) is -1.16. The highest BCUT2D eigenvalue weighted by atomic mass is 19.1. The molecule has 2 atom stereocenters. The van der Waals surface area contributed by atoms with E-state index in [1.54, 1.807) is 43.3 Å². The van der Waals surface area contributed by atoms with Crippen LogP contribution in [0.25, 0.3) is 0 Å². The molecule has 0 saturated carbocycles. The van der Waals surface area contributed by atoms with E-state index in [0.717, 1.165) is 0 Å². The quantitative estimate of drug-likeness (QED) is 0.497. The Morgan fingerprint density at radius 2 is 1.74 bits per heavy atom. The number of anilines is 1. The van der Waals surface area contributed by atoms with Gasteiger partial charge in [-0.15, -0.1) is 0 Å². The van der Waals surface area contributed by atoms with E-state index < -0.39 is 23.8 Å². The van der Waals surface area contributed by atoms with Gasteiger partial charge in [0.05, 0.1) is 26.5 Å². The van der Waals surface area contributed by atoms with Gasteiger partial charge in [0.1, 0.15) is 11.9 Å². The van der Waals surface area contributed by atoms with Crippen molar-refractivity contribution in [2.45, 2.75) is 13.0 Å². The molecule has 2 aliphatic rings. The molecular formula is C25H29FN4O5. The average Bonchev–Trinajstić information content (AvgIpc) is 2.88. The summed E-state index contributed by atoms with van der Waals surface area (Å²) in [5.41, 5.74) is 1.17. The lowest BCUT2D eigenvalue weighted by molar-refractivity contribution is -0.153. The summed E-state index contributed by atoms with van der Waals surface area (Å²) in [5, 5.41) is 2.78. The maximum Gasteiger partial charge on any atom is 0.321 e. The van der Waals surface area contributed by atoms with Gasteiger partial charge in [-0.05, 0) is 36.8 Å². The number of carbonyl (C=O) groups excluding carboxylic acids is 2. The highest BCUT2D eigenvalue weighted by molar-refractivity contribution is 6.08. The van der Waals surface area contributed by atoms with Crippen molar-refractivity contribution < 1.29 is 28.2 Å². The molecule has 0 radical (unpaired) electrons. The lowest BCUT2D eigenvalue weighted by Gasteiger charge is -2.39.